The molecule has 0 radical (unpaired) electrons. The highest BCUT2D eigenvalue weighted by molar-refractivity contribution is 6.01. The summed E-state index contributed by atoms with van der Waals surface area (Å²) in [6, 6.07) is 7.36. The van der Waals surface area contributed by atoms with Crippen LogP contribution in [-0.2, 0) is 11.8 Å². The standard InChI is InChI=1S/C17H20N4O3/c1-12-16(19(2)11-18-12)17(23)20-7-8-21(15(22)10-20)13-5-4-6-14(9-13)24-3/h4-6,9,11H,7-8,10H2,1-3H3. The van der Waals surface area contributed by atoms with Crippen LogP contribution in [0, 0.1) is 6.92 Å². The second kappa shape index (κ2) is 6.35. The van der Waals surface area contributed by atoms with Crippen molar-refractivity contribution in [3.05, 3.63) is 42.0 Å². The second-order valence-electron chi connectivity index (χ2n) is 5.76. The van der Waals surface area contributed by atoms with E-state index in [1.165, 1.54) is 0 Å². The Morgan fingerprint density at radius 2 is 2.08 bits per heavy atom. The Balaban J connectivity index is 1.76. The van der Waals surface area contributed by atoms with Crippen molar-refractivity contribution >= 4 is 17.5 Å². The summed E-state index contributed by atoms with van der Waals surface area (Å²) in [5.74, 6) is 0.429. The molecule has 1 aromatic heterocycles. The third kappa shape index (κ3) is 2.84. The molecule has 1 aromatic carbocycles. The predicted molar refractivity (Wildman–Crippen MR) is 89.2 cm³/mol. The Hall–Kier alpha value is -2.83. The molecule has 0 unspecified atom stereocenters. The SMILES string of the molecule is COc1cccc(N2CCN(C(=O)c3c(C)ncn3C)CC2=O)c1. The number of ether oxygens (including phenoxy) is 1. The Bertz CT molecular complexity index is 764. The van der Waals surface area contributed by atoms with Gasteiger partial charge in [0, 0.05) is 31.9 Å². The number of benzene rings is 1. The lowest BCUT2D eigenvalue weighted by atomic mass is 10.2. The fraction of sp³-hybridized carbons (Fsp3) is 0.353. The number of carbonyl (C=O) groups excluding carboxylic acids is 2. The van der Waals surface area contributed by atoms with Gasteiger partial charge in [-0.2, -0.15) is 0 Å². The normalized spacial score (nSPS) is 14.9. The molecule has 2 heterocycles. The van der Waals surface area contributed by atoms with Crippen molar-refractivity contribution in [1.82, 2.24) is 14.5 Å². The minimum atomic E-state index is -0.161. The highest BCUT2D eigenvalue weighted by Crippen LogP contribution is 2.23. The van der Waals surface area contributed by atoms with Crippen LogP contribution >= 0.6 is 0 Å². The van der Waals surface area contributed by atoms with Crippen molar-refractivity contribution in [3.8, 4) is 5.75 Å². The predicted octanol–water partition coefficient (Wildman–Crippen LogP) is 1.23. The summed E-state index contributed by atoms with van der Waals surface area (Å²) in [5, 5.41) is 0. The summed E-state index contributed by atoms with van der Waals surface area (Å²) in [6.07, 6.45) is 1.61. The first-order chi connectivity index (χ1) is 11.5. The lowest BCUT2D eigenvalue weighted by molar-refractivity contribution is -0.120. The van der Waals surface area contributed by atoms with Gasteiger partial charge in [0.05, 0.1) is 19.1 Å². The molecule has 1 fully saturated rings. The van der Waals surface area contributed by atoms with E-state index in [2.05, 4.69) is 4.98 Å². The number of carbonyl (C=O) groups is 2. The van der Waals surface area contributed by atoms with Crippen LogP contribution in [0.25, 0.3) is 0 Å². The number of amides is 2. The smallest absolute Gasteiger partial charge is 0.272 e. The highest BCUT2D eigenvalue weighted by atomic mass is 16.5. The van der Waals surface area contributed by atoms with Gasteiger partial charge in [0.2, 0.25) is 5.91 Å². The molecular weight excluding hydrogens is 308 g/mol. The minimum absolute atomic E-state index is 0.0562. The monoisotopic (exact) mass is 328 g/mol. The van der Waals surface area contributed by atoms with Crippen LogP contribution in [-0.4, -0.2) is 53.0 Å². The number of methoxy groups -OCH3 is 1. The molecule has 3 rings (SSSR count). The molecule has 1 saturated heterocycles. The Morgan fingerprint density at radius 1 is 1.29 bits per heavy atom. The number of aryl methyl sites for hydroxylation is 2. The number of hydrogen-bond acceptors (Lipinski definition) is 4. The van der Waals surface area contributed by atoms with Crippen molar-refractivity contribution in [1.29, 1.82) is 0 Å². The van der Waals surface area contributed by atoms with Gasteiger partial charge < -0.3 is 19.1 Å². The topological polar surface area (TPSA) is 67.7 Å². The first kappa shape index (κ1) is 16.0. The lowest BCUT2D eigenvalue weighted by Gasteiger charge is -2.34. The fourth-order valence-electron chi connectivity index (χ4n) is 2.90. The zero-order valence-electron chi connectivity index (χ0n) is 14.0. The molecule has 1 aliphatic heterocycles. The van der Waals surface area contributed by atoms with Crippen molar-refractivity contribution in [2.45, 2.75) is 6.92 Å². The average Bonchev–Trinajstić information content (AvgIpc) is 2.92. The zero-order valence-corrected chi connectivity index (χ0v) is 14.0. The van der Waals surface area contributed by atoms with E-state index >= 15 is 0 Å². The van der Waals surface area contributed by atoms with E-state index in [4.69, 9.17) is 4.74 Å². The summed E-state index contributed by atoms with van der Waals surface area (Å²) in [6.45, 7) is 2.78. The van der Waals surface area contributed by atoms with E-state index in [0.29, 0.717) is 30.2 Å². The molecule has 0 N–H and O–H groups in total. The number of nitrogens with zero attached hydrogens (tertiary/aromatic N) is 4. The molecule has 2 amide bonds. The van der Waals surface area contributed by atoms with Crippen molar-refractivity contribution in [2.75, 3.05) is 31.6 Å². The van der Waals surface area contributed by atoms with Gasteiger partial charge in [-0.1, -0.05) is 6.07 Å². The zero-order chi connectivity index (χ0) is 17.3. The van der Waals surface area contributed by atoms with Gasteiger partial charge in [0.1, 0.15) is 18.0 Å². The van der Waals surface area contributed by atoms with Crippen LogP contribution in [0.4, 0.5) is 5.69 Å². The summed E-state index contributed by atoms with van der Waals surface area (Å²) in [7, 11) is 3.37. The molecule has 1 aliphatic rings. The Kier molecular flexibility index (Phi) is 4.24. The van der Waals surface area contributed by atoms with Crippen LogP contribution in [0.3, 0.4) is 0 Å². The van der Waals surface area contributed by atoms with Crippen molar-refractivity contribution < 1.29 is 14.3 Å². The van der Waals surface area contributed by atoms with E-state index in [0.717, 1.165) is 5.69 Å². The average molecular weight is 328 g/mol. The molecule has 24 heavy (non-hydrogen) atoms. The summed E-state index contributed by atoms with van der Waals surface area (Å²) >= 11 is 0. The van der Waals surface area contributed by atoms with Gasteiger partial charge in [-0.25, -0.2) is 4.98 Å². The number of rotatable bonds is 3. The van der Waals surface area contributed by atoms with Gasteiger partial charge in [-0.15, -0.1) is 0 Å². The number of hydrogen-bond donors (Lipinski definition) is 0. The maximum atomic E-state index is 12.7. The Morgan fingerprint density at radius 3 is 2.71 bits per heavy atom. The molecule has 2 aromatic rings. The van der Waals surface area contributed by atoms with E-state index in [9.17, 15) is 9.59 Å². The number of anilines is 1. The van der Waals surface area contributed by atoms with Gasteiger partial charge in [0.25, 0.3) is 5.91 Å². The molecule has 126 valence electrons. The quantitative estimate of drug-likeness (QED) is 0.850. The van der Waals surface area contributed by atoms with Crippen LogP contribution in [0.15, 0.2) is 30.6 Å². The minimum Gasteiger partial charge on any atom is -0.497 e. The maximum absolute atomic E-state index is 12.7. The summed E-state index contributed by atoms with van der Waals surface area (Å²) < 4.78 is 6.89. The number of piperazine rings is 1. The van der Waals surface area contributed by atoms with Crippen LogP contribution in [0.1, 0.15) is 16.2 Å². The molecule has 7 nitrogen and oxygen atoms in total. The molecule has 0 atom stereocenters. The lowest BCUT2D eigenvalue weighted by Crippen LogP contribution is -2.52. The molecule has 0 aliphatic carbocycles. The van der Waals surface area contributed by atoms with Gasteiger partial charge >= 0.3 is 0 Å². The first-order valence-corrected chi connectivity index (χ1v) is 7.73. The van der Waals surface area contributed by atoms with Gasteiger partial charge in [0.15, 0.2) is 0 Å². The largest absolute Gasteiger partial charge is 0.497 e. The highest BCUT2D eigenvalue weighted by Gasteiger charge is 2.30. The molecular formula is C17H20N4O3. The van der Waals surface area contributed by atoms with Crippen molar-refractivity contribution in [3.63, 3.8) is 0 Å². The van der Waals surface area contributed by atoms with E-state index in [-0.39, 0.29) is 18.4 Å². The second-order valence-corrected chi connectivity index (χ2v) is 5.76. The summed E-state index contributed by atoms with van der Waals surface area (Å²) in [4.78, 5) is 32.6. The molecule has 0 saturated carbocycles. The Labute approximate surface area is 140 Å². The third-order valence-electron chi connectivity index (χ3n) is 4.20. The third-order valence-corrected chi connectivity index (χ3v) is 4.20. The van der Waals surface area contributed by atoms with Crippen molar-refractivity contribution in [2.24, 2.45) is 7.05 Å². The maximum Gasteiger partial charge on any atom is 0.272 e. The molecule has 0 spiro atoms. The number of imidazole rings is 1. The van der Waals surface area contributed by atoms with E-state index in [1.807, 2.05) is 24.3 Å². The fourth-order valence-corrected chi connectivity index (χ4v) is 2.90. The van der Waals surface area contributed by atoms with Crippen LogP contribution in [0.5, 0.6) is 5.75 Å². The van der Waals surface area contributed by atoms with Crippen LogP contribution < -0.4 is 9.64 Å². The molecule has 7 heteroatoms. The van der Waals surface area contributed by atoms with Gasteiger partial charge in [-0.05, 0) is 19.1 Å². The first-order valence-electron chi connectivity index (χ1n) is 7.73. The van der Waals surface area contributed by atoms with Crippen LogP contribution in [0.2, 0.25) is 0 Å². The summed E-state index contributed by atoms with van der Waals surface area (Å²) in [5.41, 5.74) is 1.98. The molecule has 0 bridgehead atoms. The van der Waals surface area contributed by atoms with E-state index < -0.39 is 0 Å². The van der Waals surface area contributed by atoms with Gasteiger partial charge in [-0.3, -0.25) is 9.59 Å². The number of aromatic nitrogens is 2. The van der Waals surface area contributed by atoms with E-state index in [1.54, 1.807) is 41.8 Å².